The molecule has 1 amide bonds. The third-order valence-electron chi connectivity index (χ3n) is 5.67. The largest absolute Gasteiger partial charge is 0.495 e. The Kier molecular flexibility index (Phi) is 6.82. The predicted octanol–water partition coefficient (Wildman–Crippen LogP) is 1.49. The Morgan fingerprint density at radius 2 is 1.91 bits per heavy atom. The number of para-hydroxylation sites is 1. The number of methoxy groups -OCH3 is 1. The Morgan fingerprint density at radius 1 is 1.14 bits per heavy atom. The van der Waals surface area contributed by atoms with E-state index in [0.717, 1.165) is 31.6 Å². The first-order chi connectivity index (χ1) is 16.7. The SMILES string of the molecule is CCN1CCc2cc(OC)c(Nc3nnc(C(N)=O)c(Nc4ccccc4S(N)(=O)=O)n3)cc2C1. The molecule has 0 fully saturated rings. The fraction of sp³-hybridized carbons (Fsp3) is 0.273. The molecule has 0 atom stereocenters. The molecule has 1 aliphatic heterocycles. The van der Waals surface area contributed by atoms with Gasteiger partial charge in [-0.3, -0.25) is 9.69 Å². The molecule has 2 aromatic carbocycles. The quantitative estimate of drug-likeness (QED) is 0.355. The fourth-order valence-electron chi connectivity index (χ4n) is 3.88. The van der Waals surface area contributed by atoms with Gasteiger partial charge >= 0.3 is 0 Å². The van der Waals surface area contributed by atoms with Crippen LogP contribution in [0.3, 0.4) is 0 Å². The zero-order valence-electron chi connectivity index (χ0n) is 19.3. The van der Waals surface area contributed by atoms with E-state index in [-0.39, 0.29) is 28.0 Å². The first-order valence-corrected chi connectivity index (χ1v) is 12.4. The van der Waals surface area contributed by atoms with Crippen molar-refractivity contribution < 1.29 is 17.9 Å². The molecule has 13 heteroatoms. The number of ether oxygens (including phenoxy) is 1. The van der Waals surface area contributed by atoms with E-state index in [1.807, 2.05) is 12.1 Å². The van der Waals surface area contributed by atoms with Gasteiger partial charge in [0, 0.05) is 13.1 Å². The summed E-state index contributed by atoms with van der Waals surface area (Å²) in [7, 11) is -2.48. The first-order valence-electron chi connectivity index (χ1n) is 10.8. The van der Waals surface area contributed by atoms with Crippen LogP contribution in [-0.4, -0.2) is 54.6 Å². The van der Waals surface area contributed by atoms with Crippen molar-refractivity contribution in [2.75, 3.05) is 30.8 Å². The van der Waals surface area contributed by atoms with E-state index in [4.69, 9.17) is 15.6 Å². The number of hydrogen-bond donors (Lipinski definition) is 4. The molecule has 1 aromatic heterocycles. The maximum Gasteiger partial charge on any atom is 0.273 e. The number of primary sulfonamides is 1. The summed E-state index contributed by atoms with van der Waals surface area (Å²) in [6, 6.07) is 9.89. The van der Waals surface area contributed by atoms with E-state index in [1.165, 1.54) is 23.8 Å². The van der Waals surface area contributed by atoms with Crippen molar-refractivity contribution in [1.29, 1.82) is 0 Å². The summed E-state index contributed by atoms with van der Waals surface area (Å²) >= 11 is 0. The Bertz CT molecular complexity index is 1380. The number of hydrogen-bond acceptors (Lipinski definition) is 10. The van der Waals surface area contributed by atoms with Crippen LogP contribution in [0.5, 0.6) is 5.75 Å². The lowest BCUT2D eigenvalue weighted by atomic mass is 9.98. The van der Waals surface area contributed by atoms with Crippen LogP contribution < -0.4 is 26.2 Å². The Balaban J connectivity index is 1.71. The Morgan fingerprint density at radius 3 is 2.60 bits per heavy atom. The normalized spacial score (nSPS) is 13.7. The van der Waals surface area contributed by atoms with E-state index in [9.17, 15) is 13.2 Å². The molecular weight excluding hydrogens is 472 g/mol. The highest BCUT2D eigenvalue weighted by molar-refractivity contribution is 7.89. The molecule has 6 N–H and O–H groups in total. The summed E-state index contributed by atoms with van der Waals surface area (Å²) in [5.74, 6) is -0.323. The highest BCUT2D eigenvalue weighted by Crippen LogP contribution is 2.33. The number of carbonyl (C=O) groups excluding carboxylic acids is 1. The van der Waals surface area contributed by atoms with Gasteiger partial charge in [0.1, 0.15) is 10.6 Å². The number of sulfonamides is 1. The molecule has 0 spiro atoms. The minimum absolute atomic E-state index is 0.0481. The molecule has 12 nitrogen and oxygen atoms in total. The summed E-state index contributed by atoms with van der Waals surface area (Å²) < 4.78 is 29.5. The van der Waals surface area contributed by atoms with Crippen molar-refractivity contribution in [2.45, 2.75) is 24.8 Å². The lowest BCUT2D eigenvalue weighted by molar-refractivity contribution is 0.0995. The smallest absolute Gasteiger partial charge is 0.273 e. The Labute approximate surface area is 202 Å². The molecule has 1 aliphatic rings. The van der Waals surface area contributed by atoms with Crippen molar-refractivity contribution in [3.05, 3.63) is 53.2 Å². The van der Waals surface area contributed by atoms with Crippen LogP contribution in [-0.2, 0) is 23.0 Å². The Hall–Kier alpha value is -3.81. The van der Waals surface area contributed by atoms with E-state index >= 15 is 0 Å². The third kappa shape index (κ3) is 5.31. The summed E-state index contributed by atoms with van der Waals surface area (Å²) in [4.78, 5) is 18.4. The van der Waals surface area contributed by atoms with Crippen molar-refractivity contribution in [3.8, 4) is 5.75 Å². The van der Waals surface area contributed by atoms with Crippen LogP contribution in [0, 0.1) is 0 Å². The molecule has 184 valence electrons. The number of benzene rings is 2. The predicted molar refractivity (Wildman–Crippen MR) is 130 cm³/mol. The van der Waals surface area contributed by atoms with Crippen LogP contribution in [0.1, 0.15) is 28.5 Å². The molecule has 0 bridgehead atoms. The minimum atomic E-state index is -4.05. The number of amides is 1. The number of anilines is 4. The fourth-order valence-corrected chi connectivity index (χ4v) is 4.57. The number of likely N-dealkylation sites (N-methyl/N-ethyl adjacent to an activating group) is 1. The molecule has 2 heterocycles. The highest BCUT2D eigenvalue weighted by Gasteiger charge is 2.21. The summed E-state index contributed by atoms with van der Waals surface area (Å²) in [6.45, 7) is 4.86. The van der Waals surface area contributed by atoms with Crippen LogP contribution in [0.25, 0.3) is 0 Å². The highest BCUT2D eigenvalue weighted by atomic mass is 32.2. The van der Waals surface area contributed by atoms with Crippen LogP contribution >= 0.6 is 0 Å². The van der Waals surface area contributed by atoms with Crippen molar-refractivity contribution >= 4 is 39.1 Å². The van der Waals surface area contributed by atoms with E-state index < -0.39 is 15.9 Å². The van der Waals surface area contributed by atoms with Gasteiger partial charge in [-0.25, -0.2) is 13.6 Å². The van der Waals surface area contributed by atoms with Crippen LogP contribution in [0.15, 0.2) is 41.3 Å². The number of carbonyl (C=O) groups is 1. The third-order valence-corrected chi connectivity index (χ3v) is 6.64. The van der Waals surface area contributed by atoms with Gasteiger partial charge in [0.15, 0.2) is 11.5 Å². The average molecular weight is 499 g/mol. The van der Waals surface area contributed by atoms with Crippen molar-refractivity contribution in [3.63, 3.8) is 0 Å². The van der Waals surface area contributed by atoms with Gasteiger partial charge < -0.3 is 21.1 Å². The first kappa shape index (κ1) is 24.3. The number of nitrogens with one attached hydrogen (secondary N) is 2. The van der Waals surface area contributed by atoms with E-state index in [2.05, 4.69) is 37.6 Å². The van der Waals surface area contributed by atoms with Gasteiger partial charge in [-0.15, -0.1) is 10.2 Å². The number of primary amides is 1. The van der Waals surface area contributed by atoms with Gasteiger partial charge in [-0.05, 0) is 48.4 Å². The standard InChI is InChI=1S/C22H26N8O4S/c1-3-30-9-8-13-11-17(34-2)16(10-14(13)12-30)26-22-27-21(19(20(23)31)28-29-22)25-15-6-4-5-7-18(15)35(24,32)33/h4-7,10-11H,3,8-9,12H2,1-2H3,(H2,23,31)(H2,24,32,33)(H2,25,26,27,29). The van der Waals surface area contributed by atoms with Gasteiger partial charge in [0.25, 0.3) is 5.91 Å². The monoisotopic (exact) mass is 498 g/mol. The molecule has 35 heavy (non-hydrogen) atoms. The van der Waals surface area contributed by atoms with Crippen molar-refractivity contribution in [1.82, 2.24) is 20.1 Å². The molecule has 0 aliphatic carbocycles. The van der Waals surface area contributed by atoms with Crippen LogP contribution in [0.4, 0.5) is 23.1 Å². The molecule has 0 unspecified atom stereocenters. The summed E-state index contributed by atoms with van der Waals surface area (Å²) in [5.41, 5.74) is 8.26. The van der Waals surface area contributed by atoms with Crippen LogP contribution in [0.2, 0.25) is 0 Å². The number of rotatable bonds is 8. The van der Waals surface area contributed by atoms with E-state index in [0.29, 0.717) is 11.4 Å². The molecular formula is C22H26N8O4S. The zero-order chi connectivity index (χ0) is 25.2. The molecule has 0 radical (unpaired) electrons. The second kappa shape index (κ2) is 9.82. The summed E-state index contributed by atoms with van der Waals surface area (Å²) in [5, 5.41) is 19.0. The molecule has 0 saturated heterocycles. The number of aromatic nitrogens is 3. The average Bonchev–Trinajstić information content (AvgIpc) is 2.83. The van der Waals surface area contributed by atoms with E-state index in [1.54, 1.807) is 13.2 Å². The van der Waals surface area contributed by atoms with Gasteiger partial charge in [0.05, 0.1) is 18.5 Å². The van der Waals surface area contributed by atoms with Gasteiger partial charge in [0.2, 0.25) is 16.0 Å². The van der Waals surface area contributed by atoms with Gasteiger partial charge in [-0.1, -0.05) is 19.1 Å². The lowest BCUT2D eigenvalue weighted by Gasteiger charge is -2.28. The second-order valence-electron chi connectivity index (χ2n) is 7.93. The molecule has 4 rings (SSSR count). The molecule has 3 aromatic rings. The second-order valence-corrected chi connectivity index (χ2v) is 9.46. The van der Waals surface area contributed by atoms with Gasteiger partial charge in [-0.2, -0.15) is 4.98 Å². The number of nitrogens with two attached hydrogens (primary N) is 2. The topological polar surface area (TPSA) is 178 Å². The molecule has 0 saturated carbocycles. The maximum atomic E-state index is 12.0. The minimum Gasteiger partial charge on any atom is -0.495 e. The maximum absolute atomic E-state index is 12.0. The zero-order valence-corrected chi connectivity index (χ0v) is 20.1. The summed E-state index contributed by atoms with van der Waals surface area (Å²) in [6.07, 6.45) is 0.919. The number of nitrogens with zero attached hydrogens (tertiary/aromatic N) is 4. The number of fused-ring (bicyclic) bond motifs is 1. The lowest BCUT2D eigenvalue weighted by Crippen LogP contribution is -2.30. The van der Waals surface area contributed by atoms with Crippen molar-refractivity contribution in [2.24, 2.45) is 10.9 Å².